The van der Waals surface area contributed by atoms with Crippen LogP contribution in [-0.2, 0) is 14.6 Å². The molecule has 1 N–H and O–H groups in total. The minimum Gasteiger partial charge on any atom is -0.381 e. The molecule has 3 heterocycles. The Bertz CT molecular complexity index is 624. The Labute approximate surface area is 164 Å². The lowest BCUT2D eigenvalue weighted by Crippen LogP contribution is -2.46. The summed E-state index contributed by atoms with van der Waals surface area (Å²) in [4.78, 5) is 7.38. The van der Waals surface area contributed by atoms with E-state index in [1.54, 1.807) is 0 Å². The van der Waals surface area contributed by atoms with Crippen LogP contribution >= 0.6 is 0 Å². The van der Waals surface area contributed by atoms with Gasteiger partial charge in [0.2, 0.25) is 0 Å². The van der Waals surface area contributed by atoms with E-state index in [9.17, 15) is 8.42 Å². The topological polar surface area (TPSA) is 71.0 Å². The number of ether oxygens (including phenoxy) is 1. The van der Waals surface area contributed by atoms with Gasteiger partial charge in [0.25, 0.3) is 0 Å². The highest BCUT2D eigenvalue weighted by Crippen LogP contribution is 2.30. The minimum atomic E-state index is -2.83. The van der Waals surface area contributed by atoms with Gasteiger partial charge in [0.15, 0.2) is 15.8 Å². The molecule has 3 saturated heterocycles. The normalized spacial score (nSPS) is 35.0. The standard InChI is InChI=1S/C20H35N3O3S/c24-27(25)11-8-16(15-27)12-21-20(22-19-4-2-1-3-5-19)23-9-6-17(13-23)18-7-10-26-14-18/h16-19H,1-15H2,(H,21,22). The molecule has 3 atom stereocenters. The molecule has 6 nitrogen and oxygen atoms in total. The van der Waals surface area contributed by atoms with Gasteiger partial charge in [0.05, 0.1) is 11.5 Å². The number of rotatable bonds is 4. The number of likely N-dealkylation sites (tertiary alicyclic amines) is 1. The summed E-state index contributed by atoms with van der Waals surface area (Å²) >= 11 is 0. The number of hydrogen-bond acceptors (Lipinski definition) is 4. The third-order valence-corrected chi connectivity index (χ3v) is 8.76. The fourth-order valence-corrected chi connectivity index (χ4v) is 7.04. The smallest absolute Gasteiger partial charge is 0.194 e. The molecule has 1 aliphatic carbocycles. The number of sulfone groups is 1. The fourth-order valence-electron chi connectivity index (χ4n) is 5.19. The van der Waals surface area contributed by atoms with Gasteiger partial charge in [0, 0.05) is 38.9 Å². The highest BCUT2D eigenvalue weighted by Gasteiger charge is 2.34. The van der Waals surface area contributed by atoms with Crippen molar-refractivity contribution in [1.29, 1.82) is 0 Å². The molecule has 0 aromatic heterocycles. The quantitative estimate of drug-likeness (QED) is 0.581. The first-order valence-electron chi connectivity index (χ1n) is 10.9. The molecule has 0 bridgehead atoms. The van der Waals surface area contributed by atoms with Crippen LogP contribution in [0.15, 0.2) is 4.99 Å². The van der Waals surface area contributed by atoms with Crippen molar-refractivity contribution in [3.8, 4) is 0 Å². The van der Waals surface area contributed by atoms with E-state index in [4.69, 9.17) is 9.73 Å². The Balaban J connectivity index is 1.40. The van der Waals surface area contributed by atoms with Crippen LogP contribution in [0.4, 0.5) is 0 Å². The summed E-state index contributed by atoms with van der Waals surface area (Å²) in [7, 11) is -2.83. The molecule has 3 aliphatic heterocycles. The van der Waals surface area contributed by atoms with Gasteiger partial charge in [-0.25, -0.2) is 8.42 Å². The van der Waals surface area contributed by atoms with Crippen LogP contribution in [0.2, 0.25) is 0 Å². The zero-order valence-corrected chi connectivity index (χ0v) is 17.3. The predicted octanol–water partition coefficient (Wildman–Crippen LogP) is 2.06. The predicted molar refractivity (Wildman–Crippen MR) is 108 cm³/mol. The monoisotopic (exact) mass is 397 g/mol. The highest BCUT2D eigenvalue weighted by atomic mass is 32.2. The van der Waals surface area contributed by atoms with E-state index in [2.05, 4.69) is 10.2 Å². The van der Waals surface area contributed by atoms with Gasteiger partial charge in [-0.3, -0.25) is 4.99 Å². The van der Waals surface area contributed by atoms with Gasteiger partial charge in [-0.1, -0.05) is 19.3 Å². The first kappa shape index (κ1) is 19.5. The Morgan fingerprint density at radius 3 is 2.63 bits per heavy atom. The van der Waals surface area contributed by atoms with E-state index < -0.39 is 9.84 Å². The number of nitrogens with one attached hydrogen (secondary N) is 1. The highest BCUT2D eigenvalue weighted by molar-refractivity contribution is 7.91. The van der Waals surface area contributed by atoms with Crippen LogP contribution in [0, 0.1) is 17.8 Å². The lowest BCUT2D eigenvalue weighted by atomic mass is 9.91. The molecule has 0 spiro atoms. The molecule has 7 heteroatoms. The maximum atomic E-state index is 11.8. The molecular formula is C20H35N3O3S. The molecule has 1 saturated carbocycles. The van der Waals surface area contributed by atoms with Crippen LogP contribution in [0.3, 0.4) is 0 Å². The van der Waals surface area contributed by atoms with E-state index in [-0.39, 0.29) is 5.92 Å². The van der Waals surface area contributed by atoms with E-state index in [0.29, 0.717) is 35.9 Å². The second-order valence-corrected chi connectivity index (χ2v) is 11.3. The molecule has 3 unspecified atom stereocenters. The van der Waals surface area contributed by atoms with Crippen LogP contribution in [0.5, 0.6) is 0 Å². The van der Waals surface area contributed by atoms with Crippen molar-refractivity contribution in [2.24, 2.45) is 22.7 Å². The lowest BCUT2D eigenvalue weighted by molar-refractivity contribution is 0.173. The fraction of sp³-hybridized carbons (Fsp3) is 0.950. The van der Waals surface area contributed by atoms with Crippen molar-refractivity contribution >= 4 is 15.8 Å². The van der Waals surface area contributed by atoms with Crippen LogP contribution in [0.25, 0.3) is 0 Å². The first-order chi connectivity index (χ1) is 13.1. The van der Waals surface area contributed by atoms with Gasteiger partial charge in [0.1, 0.15) is 0 Å². The average Bonchev–Trinajstić information content (AvgIpc) is 3.40. The molecule has 4 fully saturated rings. The third kappa shape index (κ3) is 5.17. The van der Waals surface area contributed by atoms with Crippen LogP contribution in [0.1, 0.15) is 51.4 Å². The largest absolute Gasteiger partial charge is 0.381 e. The zero-order chi connectivity index (χ0) is 18.7. The molecule has 0 aromatic carbocycles. The molecule has 0 radical (unpaired) electrons. The summed E-state index contributed by atoms with van der Waals surface area (Å²) in [6.07, 6.45) is 9.58. The lowest BCUT2D eigenvalue weighted by Gasteiger charge is -2.30. The molecule has 154 valence electrons. The van der Waals surface area contributed by atoms with Gasteiger partial charge in [-0.2, -0.15) is 0 Å². The summed E-state index contributed by atoms with van der Waals surface area (Å²) in [5, 5.41) is 3.75. The summed E-state index contributed by atoms with van der Waals surface area (Å²) < 4.78 is 29.1. The summed E-state index contributed by atoms with van der Waals surface area (Å²) in [5.41, 5.74) is 0. The Morgan fingerprint density at radius 1 is 1.07 bits per heavy atom. The second kappa shape index (κ2) is 8.68. The van der Waals surface area contributed by atoms with Crippen molar-refractivity contribution in [2.75, 3.05) is 44.4 Å². The van der Waals surface area contributed by atoms with Crippen molar-refractivity contribution in [2.45, 2.75) is 57.4 Å². The van der Waals surface area contributed by atoms with Crippen LogP contribution in [-0.4, -0.2) is 69.7 Å². The molecule has 0 aromatic rings. The van der Waals surface area contributed by atoms with Crippen molar-refractivity contribution in [1.82, 2.24) is 10.2 Å². The van der Waals surface area contributed by atoms with Gasteiger partial charge in [-0.05, 0) is 49.9 Å². The summed E-state index contributed by atoms with van der Waals surface area (Å²) in [5.74, 6) is 3.29. The molecule has 4 rings (SSSR count). The maximum Gasteiger partial charge on any atom is 0.194 e. The van der Waals surface area contributed by atoms with Crippen LogP contribution < -0.4 is 5.32 Å². The van der Waals surface area contributed by atoms with E-state index in [0.717, 1.165) is 38.7 Å². The Kier molecular flexibility index (Phi) is 6.27. The second-order valence-electron chi connectivity index (χ2n) is 9.03. The maximum absolute atomic E-state index is 11.8. The SMILES string of the molecule is O=S1(=O)CCC(CN=C(NC2CCCCC2)N2CCC(C3CCOC3)C2)C1. The molecule has 4 aliphatic rings. The third-order valence-electron chi connectivity index (χ3n) is 6.92. The van der Waals surface area contributed by atoms with Crippen molar-refractivity contribution in [3.63, 3.8) is 0 Å². The molecular weight excluding hydrogens is 362 g/mol. The van der Waals surface area contributed by atoms with Gasteiger partial charge in [-0.15, -0.1) is 0 Å². The van der Waals surface area contributed by atoms with E-state index in [1.807, 2.05) is 0 Å². The first-order valence-corrected chi connectivity index (χ1v) is 12.8. The van der Waals surface area contributed by atoms with Gasteiger partial charge >= 0.3 is 0 Å². The van der Waals surface area contributed by atoms with Gasteiger partial charge < -0.3 is 15.0 Å². The Hall–Kier alpha value is -0.820. The van der Waals surface area contributed by atoms with Crippen molar-refractivity contribution < 1.29 is 13.2 Å². The zero-order valence-electron chi connectivity index (χ0n) is 16.4. The summed E-state index contributed by atoms with van der Waals surface area (Å²) in [6, 6.07) is 0.527. The number of aliphatic imine (C=N–C) groups is 1. The minimum absolute atomic E-state index is 0.194. The molecule has 0 amide bonds. The average molecular weight is 398 g/mol. The van der Waals surface area contributed by atoms with E-state index in [1.165, 1.54) is 44.9 Å². The van der Waals surface area contributed by atoms with Crippen molar-refractivity contribution in [3.05, 3.63) is 0 Å². The number of nitrogens with zero attached hydrogens (tertiary/aromatic N) is 2. The molecule has 27 heavy (non-hydrogen) atoms. The van der Waals surface area contributed by atoms with E-state index >= 15 is 0 Å². The number of hydrogen-bond donors (Lipinski definition) is 1. The summed E-state index contributed by atoms with van der Waals surface area (Å²) in [6.45, 7) is 4.60. The Morgan fingerprint density at radius 2 is 1.93 bits per heavy atom. The number of guanidine groups is 1.